The van der Waals surface area contributed by atoms with E-state index < -0.39 is 16.1 Å². The highest BCUT2D eigenvalue weighted by atomic mass is 32.2. The standard InChI is InChI=1S/C21H27N5O3S/c27-20(24-17-10-15-25(16-11-17)21-22-12-6-13-23-21)19-9-4-5-14-26(19)30(28,29)18-7-2-1-3-8-18/h1-3,6-8,12-13,17,19H,4-5,9-11,14-16H2,(H,24,27). The first-order valence-electron chi connectivity index (χ1n) is 10.4. The lowest BCUT2D eigenvalue weighted by molar-refractivity contribution is -0.126. The third kappa shape index (κ3) is 4.46. The van der Waals surface area contributed by atoms with Crippen LogP contribution in [0, 0.1) is 0 Å². The van der Waals surface area contributed by atoms with Crippen molar-refractivity contribution in [3.63, 3.8) is 0 Å². The molecule has 2 aromatic rings. The molecule has 1 N–H and O–H groups in total. The predicted molar refractivity (Wildman–Crippen MR) is 113 cm³/mol. The van der Waals surface area contributed by atoms with Gasteiger partial charge in [-0.15, -0.1) is 0 Å². The number of piperidine rings is 2. The summed E-state index contributed by atoms with van der Waals surface area (Å²) in [6, 6.07) is 9.52. The van der Waals surface area contributed by atoms with Crippen molar-refractivity contribution in [2.45, 2.75) is 49.1 Å². The first-order valence-corrected chi connectivity index (χ1v) is 11.9. The van der Waals surface area contributed by atoms with Crippen LogP contribution in [-0.4, -0.2) is 60.3 Å². The van der Waals surface area contributed by atoms with Crippen LogP contribution < -0.4 is 10.2 Å². The van der Waals surface area contributed by atoms with Gasteiger partial charge >= 0.3 is 0 Å². The molecule has 1 unspecified atom stereocenters. The van der Waals surface area contributed by atoms with Crippen molar-refractivity contribution in [1.82, 2.24) is 19.6 Å². The Morgan fingerprint density at radius 1 is 0.933 bits per heavy atom. The number of amides is 1. The van der Waals surface area contributed by atoms with Crippen molar-refractivity contribution >= 4 is 21.9 Å². The lowest BCUT2D eigenvalue weighted by atomic mass is 10.0. The van der Waals surface area contributed by atoms with Gasteiger partial charge in [0.1, 0.15) is 6.04 Å². The Kier molecular flexibility index (Phi) is 6.29. The van der Waals surface area contributed by atoms with Crippen molar-refractivity contribution in [2.24, 2.45) is 0 Å². The molecule has 1 atom stereocenters. The molecule has 0 bridgehead atoms. The number of anilines is 1. The van der Waals surface area contributed by atoms with E-state index in [1.54, 1.807) is 48.8 Å². The van der Waals surface area contributed by atoms with Gasteiger partial charge in [-0.3, -0.25) is 4.79 Å². The second-order valence-corrected chi connectivity index (χ2v) is 9.65. The number of rotatable bonds is 5. The lowest BCUT2D eigenvalue weighted by Gasteiger charge is -2.36. The highest BCUT2D eigenvalue weighted by Crippen LogP contribution is 2.26. The third-order valence-corrected chi connectivity index (χ3v) is 7.70. The van der Waals surface area contributed by atoms with Crippen LogP contribution in [0.25, 0.3) is 0 Å². The topological polar surface area (TPSA) is 95.5 Å². The maximum absolute atomic E-state index is 13.1. The molecule has 1 aromatic heterocycles. The van der Waals surface area contributed by atoms with E-state index in [1.165, 1.54) is 4.31 Å². The van der Waals surface area contributed by atoms with Crippen molar-refractivity contribution < 1.29 is 13.2 Å². The van der Waals surface area contributed by atoms with Gasteiger partial charge < -0.3 is 10.2 Å². The fraction of sp³-hybridized carbons (Fsp3) is 0.476. The minimum absolute atomic E-state index is 0.0284. The lowest BCUT2D eigenvalue weighted by Crippen LogP contribution is -2.55. The number of carbonyl (C=O) groups is 1. The second-order valence-electron chi connectivity index (χ2n) is 7.76. The molecule has 0 spiro atoms. The Hall–Kier alpha value is -2.52. The molecular formula is C21H27N5O3S. The van der Waals surface area contributed by atoms with E-state index in [0.29, 0.717) is 18.9 Å². The van der Waals surface area contributed by atoms with Gasteiger partial charge in [-0.1, -0.05) is 24.6 Å². The highest BCUT2D eigenvalue weighted by Gasteiger charge is 2.38. The Balaban J connectivity index is 1.40. The first kappa shape index (κ1) is 20.7. The van der Waals surface area contributed by atoms with Gasteiger partial charge in [-0.05, 0) is 43.9 Å². The first-order chi connectivity index (χ1) is 14.6. The minimum atomic E-state index is -3.69. The Bertz CT molecular complexity index is 947. The van der Waals surface area contributed by atoms with Crippen LogP contribution >= 0.6 is 0 Å². The molecule has 1 aromatic carbocycles. The second kappa shape index (κ2) is 9.09. The van der Waals surface area contributed by atoms with E-state index in [0.717, 1.165) is 38.8 Å². The quantitative estimate of drug-likeness (QED) is 0.779. The maximum atomic E-state index is 13.1. The summed E-state index contributed by atoms with van der Waals surface area (Å²) in [5.41, 5.74) is 0. The van der Waals surface area contributed by atoms with Gasteiger partial charge in [0.15, 0.2) is 0 Å². The molecule has 4 rings (SSSR count). The fourth-order valence-electron chi connectivity index (χ4n) is 4.16. The third-order valence-electron chi connectivity index (χ3n) is 5.78. The molecule has 2 fully saturated rings. The van der Waals surface area contributed by atoms with Gasteiger partial charge in [0.2, 0.25) is 21.9 Å². The molecule has 0 radical (unpaired) electrons. The molecule has 9 heteroatoms. The zero-order valence-electron chi connectivity index (χ0n) is 16.9. The maximum Gasteiger partial charge on any atom is 0.243 e. The number of nitrogens with one attached hydrogen (secondary N) is 1. The number of aromatic nitrogens is 2. The normalized spacial score (nSPS) is 21.3. The Labute approximate surface area is 177 Å². The molecule has 2 aliphatic rings. The van der Waals surface area contributed by atoms with Crippen LogP contribution in [0.5, 0.6) is 0 Å². The van der Waals surface area contributed by atoms with E-state index in [9.17, 15) is 13.2 Å². The number of nitrogens with zero attached hydrogens (tertiary/aromatic N) is 4. The van der Waals surface area contributed by atoms with Gasteiger partial charge in [0.05, 0.1) is 4.90 Å². The number of benzene rings is 1. The largest absolute Gasteiger partial charge is 0.352 e. The average molecular weight is 430 g/mol. The Morgan fingerprint density at radius 2 is 1.63 bits per heavy atom. The SMILES string of the molecule is O=C(NC1CCN(c2ncccn2)CC1)C1CCCCN1S(=O)(=O)c1ccccc1. The van der Waals surface area contributed by atoms with Crippen molar-refractivity contribution in [3.05, 3.63) is 48.8 Å². The van der Waals surface area contributed by atoms with E-state index >= 15 is 0 Å². The summed E-state index contributed by atoms with van der Waals surface area (Å²) in [5, 5.41) is 3.10. The number of hydrogen-bond donors (Lipinski definition) is 1. The van der Waals surface area contributed by atoms with Crippen LogP contribution in [-0.2, 0) is 14.8 Å². The smallest absolute Gasteiger partial charge is 0.243 e. The number of carbonyl (C=O) groups excluding carboxylic acids is 1. The summed E-state index contributed by atoms with van der Waals surface area (Å²) in [6.45, 7) is 1.89. The van der Waals surface area contributed by atoms with Crippen LogP contribution in [0.2, 0.25) is 0 Å². The molecule has 30 heavy (non-hydrogen) atoms. The van der Waals surface area contributed by atoms with E-state index in [-0.39, 0.29) is 16.8 Å². The molecular weight excluding hydrogens is 402 g/mol. The molecule has 2 aliphatic heterocycles. The molecule has 0 aliphatic carbocycles. The van der Waals surface area contributed by atoms with Crippen molar-refractivity contribution in [1.29, 1.82) is 0 Å². The molecule has 0 saturated carbocycles. The van der Waals surface area contributed by atoms with Crippen LogP contribution in [0.1, 0.15) is 32.1 Å². The summed E-state index contributed by atoms with van der Waals surface area (Å²) in [7, 11) is -3.69. The van der Waals surface area contributed by atoms with E-state index in [2.05, 4.69) is 20.2 Å². The molecule has 160 valence electrons. The van der Waals surface area contributed by atoms with E-state index in [4.69, 9.17) is 0 Å². The van der Waals surface area contributed by atoms with Crippen molar-refractivity contribution in [2.75, 3.05) is 24.5 Å². The number of hydrogen-bond acceptors (Lipinski definition) is 6. The molecule has 1 amide bonds. The molecule has 2 saturated heterocycles. The predicted octanol–water partition coefficient (Wildman–Crippen LogP) is 1.80. The highest BCUT2D eigenvalue weighted by molar-refractivity contribution is 7.89. The summed E-state index contributed by atoms with van der Waals surface area (Å²) < 4.78 is 27.6. The summed E-state index contributed by atoms with van der Waals surface area (Å²) in [6.07, 6.45) is 7.18. The number of sulfonamides is 1. The van der Waals surface area contributed by atoms with Crippen molar-refractivity contribution in [3.8, 4) is 0 Å². The van der Waals surface area contributed by atoms with E-state index in [1.807, 2.05) is 0 Å². The van der Waals surface area contributed by atoms with Crippen LogP contribution in [0.3, 0.4) is 0 Å². The van der Waals surface area contributed by atoms with Gasteiger partial charge in [-0.25, -0.2) is 18.4 Å². The zero-order chi connectivity index (χ0) is 21.0. The van der Waals surface area contributed by atoms with Crippen LogP contribution in [0.4, 0.5) is 5.95 Å². The van der Waals surface area contributed by atoms with Gasteiger partial charge in [0.25, 0.3) is 0 Å². The van der Waals surface area contributed by atoms with Gasteiger partial charge in [0, 0.05) is 38.1 Å². The summed E-state index contributed by atoms with van der Waals surface area (Å²) in [4.78, 5) is 24.0. The fourth-order valence-corrected chi connectivity index (χ4v) is 5.84. The molecule has 3 heterocycles. The minimum Gasteiger partial charge on any atom is -0.352 e. The monoisotopic (exact) mass is 429 g/mol. The molecule has 8 nitrogen and oxygen atoms in total. The van der Waals surface area contributed by atoms with Gasteiger partial charge in [-0.2, -0.15) is 4.31 Å². The average Bonchev–Trinajstić information content (AvgIpc) is 2.81. The zero-order valence-corrected chi connectivity index (χ0v) is 17.7. The summed E-state index contributed by atoms with van der Waals surface area (Å²) in [5.74, 6) is 0.512. The Morgan fingerprint density at radius 3 is 2.33 bits per heavy atom. The van der Waals surface area contributed by atoms with Crippen LogP contribution in [0.15, 0.2) is 53.7 Å². The summed E-state index contributed by atoms with van der Waals surface area (Å²) >= 11 is 0.